The largest absolute Gasteiger partial charge is 0.310 e. The molecule has 0 aliphatic rings. The summed E-state index contributed by atoms with van der Waals surface area (Å²) >= 11 is 0. The van der Waals surface area contributed by atoms with Gasteiger partial charge in [-0.05, 0) is 43.4 Å². The Balaban J connectivity index is 2.74. The Morgan fingerprint density at radius 1 is 1.29 bits per heavy atom. The van der Waals surface area contributed by atoms with Gasteiger partial charge in [0.2, 0.25) is 0 Å². The number of rotatable bonds is 7. The lowest BCUT2D eigenvalue weighted by Gasteiger charge is -2.22. The van der Waals surface area contributed by atoms with Crippen LogP contribution in [0.5, 0.6) is 0 Å². The summed E-state index contributed by atoms with van der Waals surface area (Å²) in [4.78, 5) is 4.31. The van der Waals surface area contributed by atoms with Gasteiger partial charge in [-0.3, -0.25) is 4.98 Å². The molecule has 0 radical (unpaired) electrons. The molecule has 2 heteroatoms. The molecule has 1 aromatic heterocycles. The van der Waals surface area contributed by atoms with Crippen molar-refractivity contribution in [3.05, 3.63) is 29.6 Å². The maximum absolute atomic E-state index is 4.31. The second-order valence-electron chi connectivity index (χ2n) is 5.05. The maximum Gasteiger partial charge on any atom is 0.0338 e. The van der Waals surface area contributed by atoms with Crippen LogP contribution < -0.4 is 5.32 Å². The Hall–Kier alpha value is -0.890. The van der Waals surface area contributed by atoms with Crippen molar-refractivity contribution in [1.29, 1.82) is 0 Å². The smallest absolute Gasteiger partial charge is 0.0338 e. The first-order valence-corrected chi connectivity index (χ1v) is 6.82. The molecule has 0 saturated carbocycles. The fourth-order valence-electron chi connectivity index (χ4n) is 1.99. The van der Waals surface area contributed by atoms with Gasteiger partial charge in [0.25, 0.3) is 0 Å². The summed E-state index contributed by atoms with van der Waals surface area (Å²) < 4.78 is 0. The highest BCUT2D eigenvalue weighted by atomic mass is 14.9. The minimum absolute atomic E-state index is 0.456. The zero-order valence-electron chi connectivity index (χ0n) is 11.7. The molecule has 0 aliphatic heterocycles. The van der Waals surface area contributed by atoms with Crippen molar-refractivity contribution in [1.82, 2.24) is 10.3 Å². The molecule has 0 aliphatic carbocycles. The van der Waals surface area contributed by atoms with Crippen LogP contribution in [-0.4, -0.2) is 11.5 Å². The van der Waals surface area contributed by atoms with Gasteiger partial charge in [0.1, 0.15) is 0 Å². The van der Waals surface area contributed by atoms with Crippen molar-refractivity contribution < 1.29 is 0 Å². The molecule has 1 rings (SSSR count). The second-order valence-corrected chi connectivity index (χ2v) is 5.05. The lowest BCUT2D eigenvalue weighted by atomic mass is 9.94. The van der Waals surface area contributed by atoms with E-state index >= 15 is 0 Å². The lowest BCUT2D eigenvalue weighted by molar-refractivity contribution is 0.401. The highest BCUT2D eigenvalue weighted by Gasteiger charge is 2.14. The minimum atomic E-state index is 0.456. The number of nitrogens with one attached hydrogen (secondary N) is 1. The van der Waals surface area contributed by atoms with E-state index in [1.165, 1.54) is 30.4 Å². The van der Waals surface area contributed by atoms with Gasteiger partial charge in [-0.15, -0.1) is 0 Å². The van der Waals surface area contributed by atoms with Crippen molar-refractivity contribution >= 4 is 0 Å². The first-order valence-electron chi connectivity index (χ1n) is 6.82. The van der Waals surface area contributed by atoms with Crippen molar-refractivity contribution in [3.8, 4) is 0 Å². The van der Waals surface area contributed by atoms with E-state index in [2.05, 4.69) is 44.1 Å². The molecule has 2 atom stereocenters. The number of aryl methyl sites for hydroxylation is 1. The maximum atomic E-state index is 4.31. The SMILES string of the molecule is CCCNC(CC(C)CC)c1cncc(C)c1. The van der Waals surface area contributed by atoms with Crippen LogP contribution in [0.1, 0.15) is 57.2 Å². The van der Waals surface area contributed by atoms with Crippen LogP contribution in [0.15, 0.2) is 18.5 Å². The van der Waals surface area contributed by atoms with E-state index in [1.807, 2.05) is 12.4 Å². The summed E-state index contributed by atoms with van der Waals surface area (Å²) in [6.07, 6.45) is 7.54. The molecule has 96 valence electrons. The Morgan fingerprint density at radius 3 is 2.65 bits per heavy atom. The van der Waals surface area contributed by atoms with E-state index in [1.54, 1.807) is 0 Å². The first-order chi connectivity index (χ1) is 8.17. The summed E-state index contributed by atoms with van der Waals surface area (Å²) in [7, 11) is 0. The van der Waals surface area contributed by atoms with E-state index in [4.69, 9.17) is 0 Å². The van der Waals surface area contributed by atoms with Crippen LogP contribution in [-0.2, 0) is 0 Å². The number of hydrogen-bond donors (Lipinski definition) is 1. The van der Waals surface area contributed by atoms with E-state index in [0.29, 0.717) is 6.04 Å². The monoisotopic (exact) mass is 234 g/mol. The second kappa shape index (κ2) is 7.44. The molecule has 1 N–H and O–H groups in total. The highest BCUT2D eigenvalue weighted by Crippen LogP contribution is 2.23. The number of aromatic nitrogens is 1. The summed E-state index contributed by atoms with van der Waals surface area (Å²) in [6.45, 7) is 9.98. The molecule has 1 heterocycles. The molecule has 2 nitrogen and oxygen atoms in total. The zero-order chi connectivity index (χ0) is 12.7. The molecule has 0 bridgehead atoms. The third kappa shape index (κ3) is 4.86. The molecular formula is C15H26N2. The highest BCUT2D eigenvalue weighted by molar-refractivity contribution is 5.20. The Labute approximate surface area is 106 Å². The van der Waals surface area contributed by atoms with Crippen LogP contribution in [0.4, 0.5) is 0 Å². The Kier molecular flexibility index (Phi) is 6.20. The van der Waals surface area contributed by atoms with Gasteiger partial charge < -0.3 is 5.32 Å². The van der Waals surface area contributed by atoms with E-state index in [0.717, 1.165) is 12.5 Å². The fourth-order valence-corrected chi connectivity index (χ4v) is 1.99. The molecule has 0 amide bonds. The van der Waals surface area contributed by atoms with Crippen LogP contribution in [0.25, 0.3) is 0 Å². The first kappa shape index (κ1) is 14.2. The molecule has 2 unspecified atom stereocenters. The zero-order valence-corrected chi connectivity index (χ0v) is 11.7. The third-order valence-corrected chi connectivity index (χ3v) is 3.27. The third-order valence-electron chi connectivity index (χ3n) is 3.27. The molecule has 0 fully saturated rings. The van der Waals surface area contributed by atoms with Gasteiger partial charge in [-0.25, -0.2) is 0 Å². The van der Waals surface area contributed by atoms with Gasteiger partial charge in [-0.1, -0.05) is 33.3 Å². The van der Waals surface area contributed by atoms with Gasteiger partial charge in [0.15, 0.2) is 0 Å². The predicted octanol–water partition coefficient (Wildman–Crippen LogP) is 3.87. The Morgan fingerprint density at radius 2 is 2.06 bits per heavy atom. The Bertz CT molecular complexity index is 322. The lowest BCUT2D eigenvalue weighted by Crippen LogP contribution is -2.24. The average Bonchev–Trinajstić information content (AvgIpc) is 2.34. The topological polar surface area (TPSA) is 24.9 Å². The molecule has 0 spiro atoms. The van der Waals surface area contributed by atoms with E-state index in [-0.39, 0.29) is 0 Å². The predicted molar refractivity (Wildman–Crippen MR) is 74.1 cm³/mol. The van der Waals surface area contributed by atoms with Crippen molar-refractivity contribution in [2.24, 2.45) is 5.92 Å². The standard InChI is InChI=1S/C15H26N2/c1-5-7-17-15(9-12(3)6-2)14-8-13(4)10-16-11-14/h8,10-12,15,17H,5-7,9H2,1-4H3. The van der Waals surface area contributed by atoms with Gasteiger partial charge in [0, 0.05) is 18.4 Å². The fraction of sp³-hybridized carbons (Fsp3) is 0.667. The van der Waals surface area contributed by atoms with Crippen LogP contribution >= 0.6 is 0 Å². The van der Waals surface area contributed by atoms with Crippen molar-refractivity contribution in [2.45, 2.75) is 53.0 Å². The van der Waals surface area contributed by atoms with Crippen molar-refractivity contribution in [3.63, 3.8) is 0 Å². The summed E-state index contributed by atoms with van der Waals surface area (Å²) in [5, 5.41) is 3.64. The molecule has 0 aromatic carbocycles. The van der Waals surface area contributed by atoms with Crippen LogP contribution in [0.3, 0.4) is 0 Å². The molecular weight excluding hydrogens is 208 g/mol. The normalized spacial score (nSPS) is 14.6. The van der Waals surface area contributed by atoms with Gasteiger partial charge in [0.05, 0.1) is 0 Å². The van der Waals surface area contributed by atoms with Crippen LogP contribution in [0, 0.1) is 12.8 Å². The van der Waals surface area contributed by atoms with Crippen molar-refractivity contribution in [2.75, 3.05) is 6.54 Å². The molecule has 17 heavy (non-hydrogen) atoms. The quantitative estimate of drug-likeness (QED) is 0.774. The van der Waals surface area contributed by atoms with E-state index in [9.17, 15) is 0 Å². The number of nitrogens with zero attached hydrogens (tertiary/aromatic N) is 1. The number of hydrogen-bond acceptors (Lipinski definition) is 2. The van der Waals surface area contributed by atoms with Gasteiger partial charge in [-0.2, -0.15) is 0 Å². The van der Waals surface area contributed by atoms with Gasteiger partial charge >= 0.3 is 0 Å². The molecule has 0 saturated heterocycles. The van der Waals surface area contributed by atoms with E-state index < -0.39 is 0 Å². The number of pyridine rings is 1. The molecule has 1 aromatic rings. The van der Waals surface area contributed by atoms with Crippen LogP contribution in [0.2, 0.25) is 0 Å². The summed E-state index contributed by atoms with van der Waals surface area (Å²) in [6, 6.07) is 2.71. The summed E-state index contributed by atoms with van der Waals surface area (Å²) in [5.41, 5.74) is 2.58. The average molecular weight is 234 g/mol. The summed E-state index contributed by atoms with van der Waals surface area (Å²) in [5.74, 6) is 0.755. The minimum Gasteiger partial charge on any atom is -0.310 e.